The lowest BCUT2D eigenvalue weighted by Crippen LogP contribution is -2.42. The average molecular weight is 437 g/mol. The fourth-order valence-electron chi connectivity index (χ4n) is 3.10. The van der Waals surface area contributed by atoms with Crippen molar-refractivity contribution in [2.45, 2.75) is 86.5 Å². The summed E-state index contributed by atoms with van der Waals surface area (Å²) in [5.41, 5.74) is 2.05. The number of allylic oxidation sites excluding steroid dienone is 6. The first-order valence-electron chi connectivity index (χ1n) is 11.1. The van der Waals surface area contributed by atoms with Crippen LogP contribution in [-0.2, 0) is 23.9 Å². The maximum Gasteiger partial charge on any atom is 0.323 e. The lowest BCUT2D eigenvalue weighted by Gasteiger charge is -2.28. The quantitative estimate of drug-likeness (QED) is 0.199. The van der Waals surface area contributed by atoms with Crippen molar-refractivity contribution in [1.82, 2.24) is 0 Å². The van der Waals surface area contributed by atoms with Crippen molar-refractivity contribution in [2.24, 2.45) is 5.41 Å². The maximum absolute atomic E-state index is 12.7. The highest BCUT2D eigenvalue weighted by Gasteiger charge is 2.48. The van der Waals surface area contributed by atoms with Crippen LogP contribution in [0.4, 0.5) is 0 Å². The molecule has 0 aliphatic rings. The van der Waals surface area contributed by atoms with Crippen molar-refractivity contribution < 1.29 is 29.0 Å². The monoisotopic (exact) mass is 436 g/mol. The van der Waals surface area contributed by atoms with Crippen LogP contribution in [0.15, 0.2) is 34.9 Å². The van der Waals surface area contributed by atoms with E-state index in [4.69, 9.17) is 14.6 Å². The van der Waals surface area contributed by atoms with Gasteiger partial charge >= 0.3 is 17.9 Å². The van der Waals surface area contributed by atoms with Gasteiger partial charge in [-0.25, -0.2) is 0 Å². The van der Waals surface area contributed by atoms with Crippen LogP contribution >= 0.6 is 0 Å². The summed E-state index contributed by atoms with van der Waals surface area (Å²) in [6.45, 7) is 11.8. The fraction of sp³-hybridized carbons (Fsp3) is 0.640. The van der Waals surface area contributed by atoms with Crippen LogP contribution < -0.4 is 0 Å². The molecule has 0 aromatic carbocycles. The van der Waals surface area contributed by atoms with Crippen LogP contribution in [0.5, 0.6) is 0 Å². The van der Waals surface area contributed by atoms with E-state index in [2.05, 4.69) is 32.9 Å². The minimum atomic E-state index is -1.64. The molecular formula is C25H40O6. The maximum atomic E-state index is 12.7. The molecule has 0 fully saturated rings. The van der Waals surface area contributed by atoms with Gasteiger partial charge in [0.2, 0.25) is 0 Å². The minimum Gasteiger partial charge on any atom is -0.481 e. The van der Waals surface area contributed by atoms with Gasteiger partial charge in [0, 0.05) is 6.42 Å². The van der Waals surface area contributed by atoms with Crippen molar-refractivity contribution in [3.8, 4) is 0 Å². The van der Waals surface area contributed by atoms with Gasteiger partial charge in [-0.05, 0) is 80.1 Å². The molecule has 6 nitrogen and oxygen atoms in total. The SMILES string of the molecule is CCOC(=O)C(C/C=C(\C)CC/C=C(\C)CCC=C(C)C)(CCC(=O)O)C(=O)OCC. The normalized spacial score (nSPS) is 12.3. The Morgan fingerprint density at radius 2 is 1.26 bits per heavy atom. The van der Waals surface area contributed by atoms with Crippen LogP contribution in [-0.4, -0.2) is 36.2 Å². The fourth-order valence-corrected chi connectivity index (χ4v) is 3.10. The molecule has 0 unspecified atom stereocenters. The van der Waals surface area contributed by atoms with Crippen molar-refractivity contribution >= 4 is 17.9 Å². The van der Waals surface area contributed by atoms with Gasteiger partial charge in [-0.1, -0.05) is 34.9 Å². The topological polar surface area (TPSA) is 89.9 Å². The predicted octanol–water partition coefficient (Wildman–Crippen LogP) is 5.77. The van der Waals surface area contributed by atoms with Crippen molar-refractivity contribution in [1.29, 1.82) is 0 Å². The van der Waals surface area contributed by atoms with Crippen LogP contribution in [0.2, 0.25) is 0 Å². The molecule has 0 amide bonds. The highest BCUT2D eigenvalue weighted by Crippen LogP contribution is 2.33. The molecule has 0 saturated heterocycles. The standard InChI is InChI=1S/C25H40O6/c1-7-30-23(28)25(18-16-22(26)27,24(29)31-8-2)17-15-21(6)14-10-13-20(5)12-9-11-19(3)4/h11,13,15H,7-10,12,14,16-18H2,1-6H3,(H,26,27)/b20-13+,21-15+. The van der Waals surface area contributed by atoms with E-state index >= 15 is 0 Å². The second-order valence-corrected chi connectivity index (χ2v) is 8.08. The molecule has 0 aromatic rings. The lowest BCUT2D eigenvalue weighted by atomic mass is 9.79. The van der Waals surface area contributed by atoms with Gasteiger partial charge in [0.05, 0.1) is 13.2 Å². The molecular weight excluding hydrogens is 396 g/mol. The van der Waals surface area contributed by atoms with Gasteiger partial charge in [-0.15, -0.1) is 0 Å². The zero-order valence-corrected chi connectivity index (χ0v) is 20.1. The van der Waals surface area contributed by atoms with E-state index in [-0.39, 0.29) is 32.5 Å². The van der Waals surface area contributed by atoms with Crippen LogP contribution in [0.3, 0.4) is 0 Å². The third-order valence-electron chi connectivity index (χ3n) is 5.02. The molecule has 6 heteroatoms. The Bertz CT molecular complexity index is 662. The first-order chi connectivity index (χ1) is 14.6. The van der Waals surface area contributed by atoms with E-state index < -0.39 is 23.3 Å². The minimum absolute atomic E-state index is 0.0625. The zero-order valence-electron chi connectivity index (χ0n) is 20.1. The third kappa shape index (κ3) is 11.6. The van der Waals surface area contributed by atoms with Gasteiger partial charge in [0.1, 0.15) is 0 Å². The van der Waals surface area contributed by atoms with E-state index in [0.29, 0.717) is 0 Å². The summed E-state index contributed by atoms with van der Waals surface area (Å²) >= 11 is 0. The number of hydrogen-bond acceptors (Lipinski definition) is 5. The van der Waals surface area contributed by atoms with Crippen LogP contribution in [0, 0.1) is 5.41 Å². The van der Waals surface area contributed by atoms with Gasteiger partial charge in [-0.2, -0.15) is 0 Å². The van der Waals surface area contributed by atoms with Crippen molar-refractivity contribution in [2.75, 3.05) is 13.2 Å². The Hall–Kier alpha value is -2.37. The first-order valence-corrected chi connectivity index (χ1v) is 11.1. The van der Waals surface area contributed by atoms with E-state index in [1.54, 1.807) is 13.8 Å². The number of aliphatic carboxylic acids is 1. The summed E-state index contributed by atoms with van der Waals surface area (Å²) in [7, 11) is 0. The number of rotatable bonds is 15. The van der Waals surface area contributed by atoms with Gasteiger partial charge in [0.25, 0.3) is 0 Å². The summed E-state index contributed by atoms with van der Waals surface area (Å²) in [4.78, 5) is 36.5. The molecule has 0 rings (SSSR count). The summed E-state index contributed by atoms with van der Waals surface area (Å²) in [6.07, 6.45) is 9.57. The summed E-state index contributed by atoms with van der Waals surface area (Å²) in [5, 5.41) is 9.11. The van der Waals surface area contributed by atoms with E-state index in [1.807, 2.05) is 13.0 Å². The number of carboxylic acids is 1. The Kier molecular flexibility index (Phi) is 14.3. The highest BCUT2D eigenvalue weighted by molar-refractivity contribution is 6.00. The molecule has 0 aliphatic heterocycles. The number of hydrogen-bond donors (Lipinski definition) is 1. The second-order valence-electron chi connectivity index (χ2n) is 8.08. The van der Waals surface area contributed by atoms with E-state index in [0.717, 1.165) is 31.3 Å². The predicted molar refractivity (Wildman–Crippen MR) is 123 cm³/mol. The summed E-state index contributed by atoms with van der Waals surface area (Å²) in [5.74, 6) is -2.53. The Morgan fingerprint density at radius 3 is 1.71 bits per heavy atom. The molecule has 0 radical (unpaired) electrons. The average Bonchev–Trinajstić information content (AvgIpc) is 2.68. The van der Waals surface area contributed by atoms with Gasteiger partial charge in [-0.3, -0.25) is 14.4 Å². The summed E-state index contributed by atoms with van der Waals surface area (Å²) < 4.78 is 10.3. The molecule has 0 aromatic heterocycles. The molecule has 0 aliphatic carbocycles. The number of ether oxygens (including phenoxy) is 2. The molecule has 176 valence electrons. The van der Waals surface area contributed by atoms with Crippen LogP contribution in [0.1, 0.15) is 86.5 Å². The molecule has 31 heavy (non-hydrogen) atoms. The largest absolute Gasteiger partial charge is 0.481 e. The number of carboxylic acid groups (broad SMARTS) is 1. The van der Waals surface area contributed by atoms with Crippen molar-refractivity contribution in [3.63, 3.8) is 0 Å². The molecule has 0 spiro atoms. The Balaban J connectivity index is 5.32. The smallest absolute Gasteiger partial charge is 0.323 e. The van der Waals surface area contributed by atoms with Crippen LogP contribution in [0.25, 0.3) is 0 Å². The Morgan fingerprint density at radius 1 is 0.774 bits per heavy atom. The highest BCUT2D eigenvalue weighted by atomic mass is 16.6. The number of esters is 2. The zero-order chi connectivity index (χ0) is 23.9. The summed E-state index contributed by atoms with van der Waals surface area (Å²) in [6, 6.07) is 0. The lowest BCUT2D eigenvalue weighted by molar-refractivity contribution is -0.172. The molecule has 0 atom stereocenters. The molecule has 0 saturated carbocycles. The van der Waals surface area contributed by atoms with E-state index in [9.17, 15) is 14.4 Å². The third-order valence-corrected chi connectivity index (χ3v) is 5.02. The van der Waals surface area contributed by atoms with Crippen molar-refractivity contribution in [3.05, 3.63) is 34.9 Å². The number of carbonyl (C=O) groups excluding carboxylic acids is 2. The Labute approximate surface area is 187 Å². The van der Waals surface area contributed by atoms with Gasteiger partial charge < -0.3 is 14.6 Å². The molecule has 0 heterocycles. The molecule has 0 bridgehead atoms. The molecule has 1 N–H and O–H groups in total. The number of carbonyl (C=O) groups is 3. The first kappa shape index (κ1) is 28.6. The van der Waals surface area contributed by atoms with E-state index in [1.165, 1.54) is 11.1 Å². The van der Waals surface area contributed by atoms with Gasteiger partial charge in [0.15, 0.2) is 5.41 Å². The second kappa shape index (κ2) is 15.4.